The molecule has 0 unspecified atom stereocenters. The largest absolute Gasteiger partial charge is 0.497 e. The molecule has 0 aliphatic carbocycles. The Morgan fingerprint density at radius 2 is 1.95 bits per heavy atom. The van der Waals surface area contributed by atoms with Crippen LogP contribution in [0, 0.1) is 0 Å². The van der Waals surface area contributed by atoms with E-state index >= 15 is 0 Å². The fraction of sp³-hybridized carbons (Fsp3) is 0.250. The van der Waals surface area contributed by atoms with Crippen LogP contribution in [0.15, 0.2) is 59.1 Å². The number of carbonyl (C=O) groups is 1. The van der Waals surface area contributed by atoms with Crippen molar-refractivity contribution in [3.05, 3.63) is 60.5 Å². The van der Waals surface area contributed by atoms with Gasteiger partial charge in [0, 0.05) is 17.1 Å². The Morgan fingerprint density at radius 1 is 1.11 bits per heavy atom. The summed E-state index contributed by atoms with van der Waals surface area (Å²) < 4.78 is 18.7. The summed E-state index contributed by atoms with van der Waals surface area (Å²) >= 11 is 0. The van der Waals surface area contributed by atoms with Crippen LogP contribution in [0.3, 0.4) is 0 Å². The SMILES string of the molecule is COc1ccc2oc(C(=O)Nc3ccc(-c4nn(C5CCNCC5)c5ccnc(N)c45)cc3OC)cc2c1. The first-order valence-electron chi connectivity index (χ1n) is 12.5. The fourth-order valence-corrected chi connectivity index (χ4v) is 5.03. The summed E-state index contributed by atoms with van der Waals surface area (Å²) in [5.41, 5.74) is 9.94. The number of methoxy groups -OCH3 is 2. The third-order valence-electron chi connectivity index (χ3n) is 6.97. The predicted molar refractivity (Wildman–Crippen MR) is 146 cm³/mol. The molecule has 0 radical (unpaired) electrons. The first kappa shape index (κ1) is 23.8. The zero-order chi connectivity index (χ0) is 26.2. The molecular formula is C28H28N6O4. The molecule has 10 heteroatoms. The van der Waals surface area contributed by atoms with Gasteiger partial charge in [0.15, 0.2) is 5.76 Å². The maximum atomic E-state index is 13.0. The molecule has 2 aromatic carbocycles. The molecule has 1 saturated heterocycles. The summed E-state index contributed by atoms with van der Waals surface area (Å²) in [7, 11) is 3.15. The third-order valence-corrected chi connectivity index (χ3v) is 6.97. The standard InChI is InChI=1S/C28H28N6O4/c1-36-19-4-6-22-17(13-19)15-24(38-22)28(35)32-20-5-3-16(14-23(20)37-2)26-25-21(9-12-31-27(25)29)34(33-26)18-7-10-30-11-8-18/h3-6,9,12-15,18,30H,7-8,10-11H2,1-2H3,(H2,29,31)(H,32,35). The van der Waals surface area contributed by atoms with Crippen LogP contribution in [0.5, 0.6) is 11.5 Å². The summed E-state index contributed by atoms with van der Waals surface area (Å²) in [5, 5.41) is 12.9. The van der Waals surface area contributed by atoms with E-state index < -0.39 is 0 Å². The van der Waals surface area contributed by atoms with Crippen LogP contribution in [-0.2, 0) is 0 Å². The van der Waals surface area contributed by atoms with Gasteiger partial charge in [0.05, 0.1) is 36.9 Å². The number of furan rings is 1. The monoisotopic (exact) mass is 512 g/mol. The van der Waals surface area contributed by atoms with Gasteiger partial charge < -0.3 is 30.3 Å². The molecular weight excluding hydrogens is 484 g/mol. The summed E-state index contributed by atoms with van der Waals surface area (Å²) in [6, 6.07) is 14.8. The van der Waals surface area contributed by atoms with Crippen molar-refractivity contribution in [1.82, 2.24) is 20.1 Å². The topological polar surface area (TPSA) is 129 Å². The number of ether oxygens (including phenoxy) is 2. The zero-order valence-corrected chi connectivity index (χ0v) is 21.2. The van der Waals surface area contributed by atoms with Gasteiger partial charge >= 0.3 is 0 Å². The van der Waals surface area contributed by atoms with Crippen LogP contribution in [0.4, 0.5) is 11.5 Å². The molecule has 194 valence electrons. The molecule has 1 aliphatic rings. The maximum absolute atomic E-state index is 13.0. The van der Waals surface area contributed by atoms with Crippen LogP contribution in [0.1, 0.15) is 29.4 Å². The van der Waals surface area contributed by atoms with E-state index in [1.54, 1.807) is 44.7 Å². The number of fused-ring (bicyclic) bond motifs is 2. The average molecular weight is 513 g/mol. The molecule has 0 atom stereocenters. The number of nitrogens with one attached hydrogen (secondary N) is 2. The van der Waals surface area contributed by atoms with E-state index in [1.807, 2.05) is 24.3 Å². The number of nitrogen functional groups attached to an aromatic ring is 1. The van der Waals surface area contributed by atoms with Crippen molar-refractivity contribution >= 4 is 39.3 Å². The number of nitrogens with zero attached hydrogens (tertiary/aromatic N) is 3. The highest BCUT2D eigenvalue weighted by Crippen LogP contribution is 2.37. The van der Waals surface area contributed by atoms with Crippen molar-refractivity contribution in [2.75, 3.05) is 38.4 Å². The minimum Gasteiger partial charge on any atom is -0.497 e. The number of anilines is 2. The summed E-state index contributed by atoms with van der Waals surface area (Å²) in [4.78, 5) is 17.3. The quantitative estimate of drug-likeness (QED) is 0.301. The van der Waals surface area contributed by atoms with Crippen LogP contribution in [-0.4, -0.2) is 48.0 Å². The summed E-state index contributed by atoms with van der Waals surface area (Å²) in [6.45, 7) is 1.89. The Bertz CT molecular complexity index is 1650. The smallest absolute Gasteiger partial charge is 0.291 e. The van der Waals surface area contributed by atoms with Gasteiger partial charge in [-0.05, 0) is 68.4 Å². The molecule has 0 spiro atoms. The van der Waals surface area contributed by atoms with Gasteiger partial charge in [0.2, 0.25) is 0 Å². The van der Waals surface area contributed by atoms with E-state index in [-0.39, 0.29) is 17.7 Å². The van der Waals surface area contributed by atoms with E-state index in [4.69, 9.17) is 24.7 Å². The van der Waals surface area contributed by atoms with E-state index in [0.717, 1.165) is 53.5 Å². The van der Waals surface area contributed by atoms with Crippen molar-refractivity contribution in [2.45, 2.75) is 18.9 Å². The third kappa shape index (κ3) is 4.18. The number of nitrogens with two attached hydrogens (primary N) is 1. The number of carbonyl (C=O) groups excluding carboxylic acids is 1. The van der Waals surface area contributed by atoms with Gasteiger partial charge in [-0.25, -0.2) is 4.98 Å². The van der Waals surface area contributed by atoms with Crippen molar-refractivity contribution in [3.8, 4) is 22.8 Å². The molecule has 1 amide bonds. The number of hydrogen-bond donors (Lipinski definition) is 3. The molecule has 5 aromatic rings. The number of hydrogen-bond acceptors (Lipinski definition) is 8. The van der Waals surface area contributed by atoms with Crippen LogP contribution in [0.25, 0.3) is 33.1 Å². The number of rotatable bonds is 6. The predicted octanol–water partition coefficient (Wildman–Crippen LogP) is 4.62. The Morgan fingerprint density at radius 3 is 2.74 bits per heavy atom. The Kier molecular flexibility index (Phi) is 6.09. The summed E-state index contributed by atoms with van der Waals surface area (Å²) in [6.07, 6.45) is 3.69. The average Bonchev–Trinajstić information content (AvgIpc) is 3.56. The van der Waals surface area contributed by atoms with Gasteiger partial charge in [0.25, 0.3) is 5.91 Å². The number of benzene rings is 2. The fourth-order valence-electron chi connectivity index (χ4n) is 5.03. The Labute approximate surface area is 218 Å². The number of piperidine rings is 1. The van der Waals surface area contributed by atoms with E-state index in [1.165, 1.54) is 0 Å². The summed E-state index contributed by atoms with van der Waals surface area (Å²) in [5.74, 6) is 1.40. The molecule has 38 heavy (non-hydrogen) atoms. The van der Waals surface area contributed by atoms with Gasteiger partial charge in [-0.15, -0.1) is 0 Å². The molecule has 4 heterocycles. The van der Waals surface area contributed by atoms with Crippen molar-refractivity contribution in [3.63, 3.8) is 0 Å². The van der Waals surface area contributed by atoms with Gasteiger partial charge in [-0.2, -0.15) is 5.10 Å². The highest BCUT2D eigenvalue weighted by molar-refractivity contribution is 6.06. The van der Waals surface area contributed by atoms with Crippen molar-refractivity contribution in [1.29, 1.82) is 0 Å². The second-order valence-electron chi connectivity index (χ2n) is 9.25. The van der Waals surface area contributed by atoms with Crippen LogP contribution < -0.4 is 25.8 Å². The highest BCUT2D eigenvalue weighted by atomic mass is 16.5. The number of pyridine rings is 1. The van der Waals surface area contributed by atoms with Gasteiger partial charge in [0.1, 0.15) is 28.6 Å². The first-order chi connectivity index (χ1) is 18.6. The van der Waals surface area contributed by atoms with E-state index in [0.29, 0.717) is 28.6 Å². The molecule has 0 saturated carbocycles. The lowest BCUT2D eigenvalue weighted by Crippen LogP contribution is -2.29. The second-order valence-corrected chi connectivity index (χ2v) is 9.25. The normalized spacial score (nSPS) is 14.2. The molecule has 4 N–H and O–H groups in total. The minimum absolute atomic E-state index is 0.185. The van der Waals surface area contributed by atoms with E-state index in [2.05, 4.69) is 20.3 Å². The minimum atomic E-state index is -0.389. The first-order valence-corrected chi connectivity index (χ1v) is 12.5. The molecule has 1 fully saturated rings. The molecule has 10 nitrogen and oxygen atoms in total. The van der Waals surface area contributed by atoms with Crippen molar-refractivity contribution in [2.24, 2.45) is 0 Å². The number of aromatic nitrogens is 3. The lowest BCUT2D eigenvalue weighted by atomic mass is 10.1. The zero-order valence-electron chi connectivity index (χ0n) is 21.2. The molecule has 6 rings (SSSR count). The van der Waals surface area contributed by atoms with Crippen molar-refractivity contribution < 1.29 is 18.7 Å². The lowest BCUT2D eigenvalue weighted by Gasteiger charge is -2.23. The molecule has 0 bridgehead atoms. The lowest BCUT2D eigenvalue weighted by molar-refractivity contribution is 0.0998. The molecule has 1 aliphatic heterocycles. The van der Waals surface area contributed by atoms with Crippen LogP contribution >= 0.6 is 0 Å². The second kappa shape index (κ2) is 9.71. The highest BCUT2D eigenvalue weighted by Gasteiger charge is 2.23. The van der Waals surface area contributed by atoms with Crippen LogP contribution in [0.2, 0.25) is 0 Å². The molecule has 3 aromatic heterocycles. The van der Waals surface area contributed by atoms with E-state index in [9.17, 15) is 4.79 Å². The Balaban J connectivity index is 1.34. The maximum Gasteiger partial charge on any atom is 0.291 e. The Hall–Kier alpha value is -4.57. The number of amides is 1. The van der Waals surface area contributed by atoms with Gasteiger partial charge in [-0.1, -0.05) is 6.07 Å². The van der Waals surface area contributed by atoms with Gasteiger partial charge in [-0.3, -0.25) is 9.48 Å².